The molecule has 1 fully saturated rings. The number of likely N-dealkylation sites (tertiary alicyclic amines) is 1. The number of carbonyl (C=O) groups is 1. The summed E-state index contributed by atoms with van der Waals surface area (Å²) in [5.74, 6) is -0.267. The van der Waals surface area contributed by atoms with Crippen LogP contribution < -0.4 is 5.32 Å². The Labute approximate surface area is 107 Å². The van der Waals surface area contributed by atoms with Gasteiger partial charge in [0.25, 0.3) is 0 Å². The molecule has 0 aliphatic carbocycles. The molecule has 0 bridgehead atoms. The second-order valence-electron chi connectivity index (χ2n) is 4.69. The van der Waals surface area contributed by atoms with Crippen molar-refractivity contribution in [3.05, 3.63) is 35.6 Å². The van der Waals surface area contributed by atoms with E-state index in [0.29, 0.717) is 6.54 Å². The molecule has 0 unspecified atom stereocenters. The number of hydrogen-bond donors (Lipinski definition) is 1. The topological polar surface area (TPSA) is 32.3 Å². The fourth-order valence-electron chi connectivity index (χ4n) is 2.21. The van der Waals surface area contributed by atoms with Gasteiger partial charge in [0.2, 0.25) is 0 Å². The molecule has 3 nitrogen and oxygen atoms in total. The van der Waals surface area contributed by atoms with Gasteiger partial charge in [-0.05, 0) is 30.5 Å². The number of urea groups is 1. The smallest absolute Gasteiger partial charge is 0.317 e. The van der Waals surface area contributed by atoms with Gasteiger partial charge in [0.05, 0.1) is 0 Å². The predicted molar refractivity (Wildman–Crippen MR) is 68.7 cm³/mol. The Balaban J connectivity index is 1.83. The van der Waals surface area contributed by atoms with Crippen LogP contribution in [-0.2, 0) is 6.54 Å². The number of halogens is 1. The number of carbonyl (C=O) groups excluding carboxylic acids is 1. The van der Waals surface area contributed by atoms with Crippen LogP contribution in [0.15, 0.2) is 24.3 Å². The van der Waals surface area contributed by atoms with Crippen LogP contribution in [-0.4, -0.2) is 24.0 Å². The predicted octanol–water partition coefficient (Wildman–Crippen LogP) is 2.91. The maximum atomic E-state index is 13.0. The molecule has 18 heavy (non-hydrogen) atoms. The Morgan fingerprint density at radius 1 is 1.22 bits per heavy atom. The van der Waals surface area contributed by atoms with Crippen molar-refractivity contribution in [1.82, 2.24) is 10.2 Å². The van der Waals surface area contributed by atoms with Crippen molar-refractivity contribution in [3.63, 3.8) is 0 Å². The van der Waals surface area contributed by atoms with Gasteiger partial charge in [-0.3, -0.25) is 0 Å². The number of hydrogen-bond acceptors (Lipinski definition) is 1. The summed E-state index contributed by atoms with van der Waals surface area (Å²) < 4.78 is 13.0. The average Bonchev–Trinajstić information content (AvgIpc) is 2.65. The molecule has 1 aromatic rings. The SMILES string of the molecule is O=C(NCc1cccc(F)c1)N1CCCCCC1. The Hall–Kier alpha value is -1.58. The zero-order chi connectivity index (χ0) is 12.8. The number of amides is 2. The summed E-state index contributed by atoms with van der Waals surface area (Å²) in [6.45, 7) is 2.04. The largest absolute Gasteiger partial charge is 0.334 e. The van der Waals surface area contributed by atoms with Crippen molar-refractivity contribution in [2.75, 3.05) is 13.1 Å². The molecule has 98 valence electrons. The van der Waals surface area contributed by atoms with E-state index in [2.05, 4.69) is 5.32 Å². The zero-order valence-electron chi connectivity index (χ0n) is 10.5. The molecule has 1 aromatic carbocycles. The van der Waals surface area contributed by atoms with Crippen LogP contribution in [0.5, 0.6) is 0 Å². The molecule has 4 heteroatoms. The third kappa shape index (κ3) is 3.72. The lowest BCUT2D eigenvalue weighted by atomic mass is 10.2. The first-order valence-corrected chi connectivity index (χ1v) is 6.53. The minimum absolute atomic E-state index is 0.0406. The number of nitrogens with zero attached hydrogens (tertiary/aromatic N) is 1. The standard InChI is InChI=1S/C14H19FN2O/c15-13-7-5-6-12(10-13)11-16-14(18)17-8-3-1-2-4-9-17/h5-7,10H,1-4,8-9,11H2,(H,16,18). The highest BCUT2D eigenvalue weighted by atomic mass is 19.1. The molecule has 0 saturated carbocycles. The normalized spacial score (nSPS) is 16.2. The first kappa shape index (κ1) is 12.9. The monoisotopic (exact) mass is 250 g/mol. The van der Waals surface area contributed by atoms with Crippen molar-refractivity contribution in [2.45, 2.75) is 32.2 Å². The highest BCUT2D eigenvalue weighted by Gasteiger charge is 2.14. The summed E-state index contributed by atoms with van der Waals surface area (Å²) in [5, 5.41) is 2.84. The molecular weight excluding hydrogens is 231 g/mol. The van der Waals surface area contributed by atoms with E-state index in [9.17, 15) is 9.18 Å². The summed E-state index contributed by atoms with van der Waals surface area (Å²) in [5.41, 5.74) is 0.790. The average molecular weight is 250 g/mol. The van der Waals surface area contributed by atoms with E-state index in [1.807, 2.05) is 11.0 Å². The lowest BCUT2D eigenvalue weighted by molar-refractivity contribution is 0.199. The van der Waals surface area contributed by atoms with Crippen LogP contribution in [0.1, 0.15) is 31.2 Å². The van der Waals surface area contributed by atoms with E-state index < -0.39 is 0 Å². The summed E-state index contributed by atoms with van der Waals surface area (Å²) in [6.07, 6.45) is 4.56. The van der Waals surface area contributed by atoms with Crippen LogP contribution in [0.3, 0.4) is 0 Å². The van der Waals surface area contributed by atoms with Crippen molar-refractivity contribution >= 4 is 6.03 Å². The van der Waals surface area contributed by atoms with Gasteiger partial charge in [0, 0.05) is 19.6 Å². The van der Waals surface area contributed by atoms with E-state index in [-0.39, 0.29) is 11.8 Å². The van der Waals surface area contributed by atoms with Crippen molar-refractivity contribution < 1.29 is 9.18 Å². The molecule has 0 spiro atoms. The molecule has 0 atom stereocenters. The van der Waals surface area contributed by atoms with Crippen LogP contribution in [0, 0.1) is 5.82 Å². The third-order valence-electron chi connectivity index (χ3n) is 3.23. The van der Waals surface area contributed by atoms with E-state index in [0.717, 1.165) is 31.5 Å². The highest BCUT2D eigenvalue weighted by Crippen LogP contribution is 2.10. The van der Waals surface area contributed by atoms with Gasteiger partial charge < -0.3 is 10.2 Å². The first-order valence-electron chi connectivity index (χ1n) is 6.53. The molecule has 1 saturated heterocycles. The number of nitrogens with one attached hydrogen (secondary N) is 1. The summed E-state index contributed by atoms with van der Waals surface area (Å²) in [7, 11) is 0. The fourth-order valence-corrected chi connectivity index (χ4v) is 2.21. The minimum Gasteiger partial charge on any atom is -0.334 e. The van der Waals surface area contributed by atoms with Crippen molar-refractivity contribution in [3.8, 4) is 0 Å². The van der Waals surface area contributed by atoms with Crippen molar-refractivity contribution in [1.29, 1.82) is 0 Å². The quantitative estimate of drug-likeness (QED) is 0.860. The Bertz CT molecular complexity index is 401. The second-order valence-corrected chi connectivity index (χ2v) is 4.69. The van der Waals surface area contributed by atoms with Crippen LogP contribution >= 0.6 is 0 Å². The van der Waals surface area contributed by atoms with Crippen LogP contribution in [0.25, 0.3) is 0 Å². The molecule has 0 radical (unpaired) electrons. The molecule has 2 rings (SSSR count). The van der Waals surface area contributed by atoms with E-state index in [1.165, 1.54) is 25.0 Å². The summed E-state index contributed by atoms with van der Waals surface area (Å²) >= 11 is 0. The molecule has 1 aliphatic rings. The highest BCUT2D eigenvalue weighted by molar-refractivity contribution is 5.74. The van der Waals surface area contributed by atoms with Gasteiger partial charge in [-0.2, -0.15) is 0 Å². The maximum Gasteiger partial charge on any atom is 0.317 e. The molecule has 1 heterocycles. The van der Waals surface area contributed by atoms with Gasteiger partial charge in [-0.25, -0.2) is 9.18 Å². The third-order valence-corrected chi connectivity index (χ3v) is 3.23. The van der Waals surface area contributed by atoms with Gasteiger partial charge in [-0.1, -0.05) is 25.0 Å². The fraction of sp³-hybridized carbons (Fsp3) is 0.500. The Morgan fingerprint density at radius 2 is 1.94 bits per heavy atom. The molecule has 1 N–H and O–H groups in total. The van der Waals surface area contributed by atoms with E-state index in [1.54, 1.807) is 6.07 Å². The molecular formula is C14H19FN2O. The molecule has 1 aliphatic heterocycles. The van der Waals surface area contributed by atoms with Gasteiger partial charge in [0.1, 0.15) is 5.82 Å². The van der Waals surface area contributed by atoms with Crippen molar-refractivity contribution in [2.24, 2.45) is 0 Å². The number of rotatable bonds is 2. The van der Waals surface area contributed by atoms with Gasteiger partial charge in [0.15, 0.2) is 0 Å². The van der Waals surface area contributed by atoms with E-state index >= 15 is 0 Å². The summed E-state index contributed by atoms with van der Waals surface area (Å²) in [6, 6.07) is 6.28. The van der Waals surface area contributed by atoms with Crippen LogP contribution in [0.4, 0.5) is 9.18 Å². The van der Waals surface area contributed by atoms with E-state index in [4.69, 9.17) is 0 Å². The lowest BCUT2D eigenvalue weighted by Gasteiger charge is -2.20. The Morgan fingerprint density at radius 3 is 2.61 bits per heavy atom. The Kier molecular flexibility index (Phi) is 4.56. The lowest BCUT2D eigenvalue weighted by Crippen LogP contribution is -2.40. The van der Waals surface area contributed by atoms with Gasteiger partial charge >= 0.3 is 6.03 Å². The maximum absolute atomic E-state index is 13.0. The van der Waals surface area contributed by atoms with Gasteiger partial charge in [-0.15, -0.1) is 0 Å². The number of benzene rings is 1. The molecule has 0 aromatic heterocycles. The molecule has 2 amide bonds. The summed E-state index contributed by atoms with van der Waals surface area (Å²) in [4.78, 5) is 13.8. The second kappa shape index (κ2) is 6.38. The minimum atomic E-state index is -0.267. The first-order chi connectivity index (χ1) is 8.75. The van der Waals surface area contributed by atoms with Crippen LogP contribution in [0.2, 0.25) is 0 Å². The zero-order valence-corrected chi connectivity index (χ0v) is 10.5.